The van der Waals surface area contributed by atoms with Crippen LogP contribution in [0.15, 0.2) is 54.9 Å². The Morgan fingerprint density at radius 3 is 2.40 bits per heavy atom. The zero-order valence-electron chi connectivity index (χ0n) is 23.0. The van der Waals surface area contributed by atoms with E-state index in [9.17, 15) is 13.6 Å². The maximum absolute atomic E-state index is 11.6. The molecule has 4 N–H and O–H groups in total. The normalized spacial score (nSPS) is 9.15. The van der Waals surface area contributed by atoms with Crippen LogP contribution in [-0.2, 0) is 4.79 Å². The molecule has 0 bridgehead atoms. The van der Waals surface area contributed by atoms with E-state index in [-0.39, 0.29) is 11.7 Å². The number of benzene rings is 1. The molecule has 4 rings (SSSR count). The molecule has 0 aliphatic rings. The number of pyridine rings is 1. The number of halogens is 3. The quantitative estimate of drug-likeness (QED) is 0.177. The van der Waals surface area contributed by atoms with Gasteiger partial charge in [0.05, 0.1) is 17.6 Å². The number of terminal acetylenes is 1. The predicted molar refractivity (Wildman–Crippen MR) is 153 cm³/mol. The number of hydrogen-bond donors (Lipinski definition) is 4. The Balaban J connectivity index is 0.000000710. The molecule has 0 aliphatic carbocycles. The summed E-state index contributed by atoms with van der Waals surface area (Å²) in [6.07, 6.45) is 8.71. The molecule has 3 aromatic heterocycles. The van der Waals surface area contributed by atoms with Crippen LogP contribution in [0.4, 0.5) is 20.3 Å². The first-order chi connectivity index (χ1) is 19.2. The average Bonchev–Trinajstić information content (AvgIpc) is 3.32. The molecule has 0 atom stereocenters. The first-order valence-electron chi connectivity index (χ1n) is 11.7. The molecule has 3 heterocycles. The summed E-state index contributed by atoms with van der Waals surface area (Å²) in [5.41, 5.74) is 3.82. The summed E-state index contributed by atoms with van der Waals surface area (Å²) in [7, 11) is 2.78. The largest absolute Gasteiger partial charge is 0.462 e. The fraction of sp³-hybridized carbons (Fsp3) is 0.259. The molecule has 0 spiro atoms. The molecule has 216 valence electrons. The van der Waals surface area contributed by atoms with Gasteiger partial charge in [-0.05, 0) is 42.8 Å². The average molecular weight is 579 g/mol. The van der Waals surface area contributed by atoms with Crippen molar-refractivity contribution < 1.29 is 28.5 Å². The summed E-state index contributed by atoms with van der Waals surface area (Å²) in [5.74, 6) is 0.492. The van der Waals surface area contributed by atoms with Gasteiger partial charge in [0.15, 0.2) is 16.6 Å². The lowest BCUT2D eigenvalue weighted by atomic mass is 10.2. The summed E-state index contributed by atoms with van der Waals surface area (Å²) in [6.45, 7) is 4.51. The van der Waals surface area contributed by atoms with Crippen molar-refractivity contribution in [1.29, 1.82) is 0 Å². The van der Waals surface area contributed by atoms with Crippen LogP contribution < -0.4 is 15.4 Å². The smallest absolute Gasteiger partial charge is 0.387 e. The fourth-order valence-electron chi connectivity index (χ4n) is 2.83. The number of rotatable bonds is 5. The molecule has 0 radical (unpaired) electrons. The van der Waals surface area contributed by atoms with Gasteiger partial charge in [-0.2, -0.15) is 13.9 Å². The number of fused-ring (bicyclic) bond motifs is 1. The number of aryl methyl sites for hydroxylation is 1. The highest BCUT2D eigenvalue weighted by atomic mass is 35.5. The molecule has 0 fully saturated rings. The third kappa shape index (κ3) is 12.4. The van der Waals surface area contributed by atoms with Gasteiger partial charge in [0.25, 0.3) is 0 Å². The van der Waals surface area contributed by atoms with E-state index in [0.29, 0.717) is 16.6 Å². The van der Waals surface area contributed by atoms with Gasteiger partial charge in [-0.1, -0.05) is 44.0 Å². The van der Waals surface area contributed by atoms with Crippen LogP contribution in [0.5, 0.6) is 5.75 Å². The monoisotopic (exact) mass is 578 g/mol. The first kappa shape index (κ1) is 35.5. The number of aliphatic hydroxyl groups excluding tert-OH is 2. The minimum absolute atomic E-state index is 0.177. The summed E-state index contributed by atoms with van der Waals surface area (Å²) < 4.78 is 29.0. The molecule has 4 aromatic rings. The van der Waals surface area contributed by atoms with E-state index in [1.165, 1.54) is 19.1 Å². The lowest BCUT2D eigenvalue weighted by Gasteiger charge is -2.06. The Hall–Kier alpha value is -4.47. The van der Waals surface area contributed by atoms with Crippen LogP contribution >= 0.6 is 11.6 Å². The van der Waals surface area contributed by atoms with Crippen molar-refractivity contribution in [2.24, 2.45) is 0 Å². The second kappa shape index (κ2) is 19.6. The van der Waals surface area contributed by atoms with Crippen LogP contribution in [0.25, 0.3) is 16.9 Å². The lowest BCUT2D eigenvalue weighted by Crippen LogP contribution is -2.05. The number of amides is 1. The van der Waals surface area contributed by atoms with Crippen LogP contribution in [-0.4, -0.2) is 56.5 Å². The number of aliphatic hydroxyl groups is 2. The Morgan fingerprint density at radius 2 is 1.85 bits per heavy atom. The molecule has 10 nitrogen and oxygen atoms in total. The summed E-state index contributed by atoms with van der Waals surface area (Å²) in [6, 6.07) is 12.1. The number of hydrogen-bond acceptors (Lipinski definition) is 8. The minimum Gasteiger partial charge on any atom is -0.462 e. The molecular weight excluding hydrogens is 546 g/mol. The number of carbonyl (C=O) groups is 1. The second-order valence-electron chi connectivity index (χ2n) is 6.97. The number of imidazole rings is 1. The van der Waals surface area contributed by atoms with E-state index in [2.05, 4.69) is 36.9 Å². The van der Waals surface area contributed by atoms with Crippen LogP contribution in [0.2, 0.25) is 5.15 Å². The molecule has 0 saturated heterocycles. The standard InChI is InChI=1S/C14H13ClN6O.C8H8F2O.C2H2O.C2H6.CH4O/c1-8(22)18-12-7-21-13(19-12)4-3-10(20-21)9-5-11(16-2)14(15)17-6-9;1-6-3-2-4-7(5-6)11-8(9)10;1-2-3;2*1-2/h3-7,16H,1-2H3,(H,18,22);2-5,8H,1H3;1,3H;1-2H3;2H,1H3. The van der Waals surface area contributed by atoms with Gasteiger partial charge in [-0.15, -0.1) is 0 Å². The SMILES string of the molecule is C#CO.CC.CNc1cc(-c2ccc3nc(NC(C)=O)cn3n2)cnc1Cl.CO.Cc1cccc(OC(F)F)c1. The maximum Gasteiger partial charge on any atom is 0.387 e. The van der Waals surface area contributed by atoms with E-state index in [0.717, 1.165) is 29.6 Å². The van der Waals surface area contributed by atoms with Gasteiger partial charge >= 0.3 is 6.61 Å². The summed E-state index contributed by atoms with van der Waals surface area (Å²) >= 11 is 5.98. The topological polar surface area (TPSA) is 134 Å². The Kier molecular flexibility index (Phi) is 17.4. The second-order valence-corrected chi connectivity index (χ2v) is 7.32. The molecule has 0 saturated carbocycles. The van der Waals surface area contributed by atoms with Crippen molar-refractivity contribution in [3.8, 4) is 29.5 Å². The molecule has 1 aromatic carbocycles. The Morgan fingerprint density at radius 1 is 1.20 bits per heavy atom. The predicted octanol–water partition coefficient (Wildman–Crippen LogP) is 5.63. The third-order valence-electron chi connectivity index (χ3n) is 4.24. The number of aromatic nitrogens is 4. The van der Waals surface area contributed by atoms with Crippen molar-refractivity contribution in [2.75, 3.05) is 24.8 Å². The number of carbonyl (C=O) groups excluding carboxylic acids is 1. The molecule has 0 unspecified atom stereocenters. The number of alkyl halides is 2. The minimum atomic E-state index is -2.74. The number of anilines is 2. The molecule has 1 amide bonds. The van der Waals surface area contributed by atoms with Gasteiger partial charge in [0.2, 0.25) is 5.91 Å². The van der Waals surface area contributed by atoms with Crippen LogP contribution in [0.3, 0.4) is 0 Å². The highest BCUT2D eigenvalue weighted by Crippen LogP contribution is 2.25. The summed E-state index contributed by atoms with van der Waals surface area (Å²) in [4.78, 5) is 19.5. The first-order valence-corrected chi connectivity index (χ1v) is 12.1. The molecule has 13 heteroatoms. The van der Waals surface area contributed by atoms with Crippen LogP contribution in [0, 0.1) is 19.5 Å². The summed E-state index contributed by atoms with van der Waals surface area (Å²) in [5, 5.41) is 24.6. The highest BCUT2D eigenvalue weighted by Gasteiger charge is 2.09. The van der Waals surface area contributed by atoms with E-state index in [4.69, 9.17) is 21.8 Å². The zero-order chi connectivity index (χ0) is 30.7. The van der Waals surface area contributed by atoms with E-state index in [1.807, 2.05) is 45.0 Å². The zero-order valence-corrected chi connectivity index (χ0v) is 23.7. The van der Waals surface area contributed by atoms with Crippen molar-refractivity contribution >= 4 is 34.7 Å². The molecule has 0 aliphatic heterocycles. The molecular formula is C27H33ClF2N6O4. The lowest BCUT2D eigenvalue weighted by molar-refractivity contribution is -0.114. The molecule has 40 heavy (non-hydrogen) atoms. The van der Waals surface area contributed by atoms with Gasteiger partial charge in [-0.25, -0.2) is 14.5 Å². The van der Waals surface area contributed by atoms with Crippen LogP contribution in [0.1, 0.15) is 26.3 Å². The Bertz CT molecular complexity index is 1360. The van der Waals surface area contributed by atoms with E-state index in [1.54, 1.807) is 36.1 Å². The van der Waals surface area contributed by atoms with Crippen molar-refractivity contribution in [3.05, 3.63) is 65.6 Å². The van der Waals surface area contributed by atoms with Gasteiger partial charge in [0, 0.05) is 32.8 Å². The number of nitrogens with zero attached hydrogens (tertiary/aromatic N) is 4. The maximum atomic E-state index is 11.6. The highest BCUT2D eigenvalue weighted by molar-refractivity contribution is 6.32. The fourth-order valence-corrected chi connectivity index (χ4v) is 3.03. The number of nitrogens with one attached hydrogen (secondary N) is 2. The van der Waals surface area contributed by atoms with Crippen molar-refractivity contribution in [1.82, 2.24) is 19.6 Å². The van der Waals surface area contributed by atoms with E-state index >= 15 is 0 Å². The van der Waals surface area contributed by atoms with Gasteiger partial charge < -0.3 is 25.6 Å². The van der Waals surface area contributed by atoms with Crippen molar-refractivity contribution in [2.45, 2.75) is 34.3 Å². The van der Waals surface area contributed by atoms with Gasteiger partial charge in [0.1, 0.15) is 11.9 Å². The third-order valence-corrected chi connectivity index (χ3v) is 4.54. The van der Waals surface area contributed by atoms with Gasteiger partial charge in [-0.3, -0.25) is 4.79 Å². The van der Waals surface area contributed by atoms with Crippen molar-refractivity contribution in [3.63, 3.8) is 0 Å². The van der Waals surface area contributed by atoms with E-state index < -0.39 is 6.61 Å². The Labute approximate surface area is 237 Å². The number of ether oxygens (including phenoxy) is 1.